The summed E-state index contributed by atoms with van der Waals surface area (Å²) in [7, 11) is 1.40. The summed E-state index contributed by atoms with van der Waals surface area (Å²) in [6.45, 7) is 3.06. The van der Waals surface area contributed by atoms with Crippen LogP contribution in [0.25, 0.3) is 0 Å². The van der Waals surface area contributed by atoms with Crippen LogP contribution in [0, 0.1) is 0 Å². The van der Waals surface area contributed by atoms with Crippen molar-refractivity contribution < 1.29 is 9.53 Å². The van der Waals surface area contributed by atoms with Crippen LogP contribution >= 0.6 is 12.4 Å². The Bertz CT molecular complexity index is 414. The number of carbonyl (C=O) groups excluding carboxylic acids is 1. The first-order chi connectivity index (χ1) is 8.29. The summed E-state index contributed by atoms with van der Waals surface area (Å²) in [4.78, 5) is 13.7. The molecule has 98 valence electrons. The molecule has 0 unspecified atom stereocenters. The first-order valence-electron chi connectivity index (χ1n) is 5.84. The zero-order chi connectivity index (χ0) is 12.1. The third-order valence-corrected chi connectivity index (χ3v) is 2.92. The Morgan fingerprint density at radius 1 is 1.28 bits per heavy atom. The second-order valence-corrected chi connectivity index (χ2v) is 4.18. The number of rotatable bonds is 3. The van der Waals surface area contributed by atoms with E-state index in [0.717, 1.165) is 26.1 Å². The number of hydrogen-bond donors (Lipinski definition) is 0. The summed E-state index contributed by atoms with van der Waals surface area (Å²) in [5, 5.41) is 0. The van der Waals surface area contributed by atoms with Crippen LogP contribution < -0.4 is 0 Å². The smallest absolute Gasteiger partial charge is 0.337 e. The molecule has 0 aliphatic carbocycles. The van der Waals surface area contributed by atoms with Crippen LogP contribution in [0.1, 0.15) is 22.3 Å². The predicted octanol–water partition coefficient (Wildman–Crippen LogP) is 2.66. The molecule has 1 aliphatic heterocycles. The van der Waals surface area contributed by atoms with E-state index >= 15 is 0 Å². The van der Waals surface area contributed by atoms with Gasteiger partial charge in [0, 0.05) is 19.6 Å². The van der Waals surface area contributed by atoms with Gasteiger partial charge in [0.1, 0.15) is 0 Å². The van der Waals surface area contributed by atoms with Gasteiger partial charge in [0.15, 0.2) is 0 Å². The van der Waals surface area contributed by atoms with E-state index in [9.17, 15) is 4.79 Å². The lowest BCUT2D eigenvalue weighted by Gasteiger charge is -2.22. The Hall–Kier alpha value is -1.32. The molecule has 0 fully saturated rings. The van der Waals surface area contributed by atoms with Gasteiger partial charge in [-0.05, 0) is 24.1 Å². The van der Waals surface area contributed by atoms with Crippen molar-refractivity contribution in [3.8, 4) is 0 Å². The second kappa shape index (κ2) is 7.19. The molecule has 0 bridgehead atoms. The van der Waals surface area contributed by atoms with Gasteiger partial charge in [0.05, 0.1) is 12.7 Å². The van der Waals surface area contributed by atoms with Crippen molar-refractivity contribution in [1.82, 2.24) is 4.90 Å². The van der Waals surface area contributed by atoms with E-state index in [0.29, 0.717) is 5.56 Å². The number of esters is 1. The lowest BCUT2D eigenvalue weighted by Crippen LogP contribution is -2.26. The van der Waals surface area contributed by atoms with Gasteiger partial charge >= 0.3 is 5.97 Å². The summed E-state index contributed by atoms with van der Waals surface area (Å²) in [5.74, 6) is -0.280. The van der Waals surface area contributed by atoms with Gasteiger partial charge in [-0.25, -0.2) is 4.79 Å². The third kappa shape index (κ3) is 3.86. The number of ether oxygens (including phenoxy) is 1. The normalized spacial score (nSPS) is 14.9. The maximum Gasteiger partial charge on any atom is 0.337 e. The molecule has 0 saturated heterocycles. The highest BCUT2D eigenvalue weighted by atomic mass is 35.5. The molecular formula is C14H18ClNO2. The standard InChI is InChI=1S/C14H17NO2.ClH/c1-17-14(16)13-7-5-12(6-8-13)11-15-9-3-2-4-10-15;/h2-3,5-8H,4,9-11H2,1H3;1H. The summed E-state index contributed by atoms with van der Waals surface area (Å²) in [6.07, 6.45) is 5.55. The molecule has 0 saturated carbocycles. The van der Waals surface area contributed by atoms with E-state index < -0.39 is 0 Å². The van der Waals surface area contributed by atoms with Crippen LogP contribution in [-0.4, -0.2) is 31.1 Å². The van der Waals surface area contributed by atoms with Crippen molar-refractivity contribution in [3.63, 3.8) is 0 Å². The van der Waals surface area contributed by atoms with E-state index in [-0.39, 0.29) is 18.4 Å². The Morgan fingerprint density at radius 2 is 2.00 bits per heavy atom. The van der Waals surface area contributed by atoms with Crippen LogP contribution in [0.2, 0.25) is 0 Å². The van der Waals surface area contributed by atoms with E-state index in [1.54, 1.807) is 0 Å². The Morgan fingerprint density at radius 3 is 2.56 bits per heavy atom. The second-order valence-electron chi connectivity index (χ2n) is 4.18. The molecule has 0 atom stereocenters. The van der Waals surface area contributed by atoms with Crippen LogP contribution in [-0.2, 0) is 11.3 Å². The highest BCUT2D eigenvalue weighted by Gasteiger charge is 2.08. The summed E-state index contributed by atoms with van der Waals surface area (Å²) >= 11 is 0. The number of benzene rings is 1. The molecule has 1 heterocycles. The van der Waals surface area contributed by atoms with Crippen LogP contribution in [0.5, 0.6) is 0 Å². The topological polar surface area (TPSA) is 29.5 Å². The van der Waals surface area contributed by atoms with Crippen molar-refractivity contribution in [3.05, 3.63) is 47.5 Å². The lowest BCUT2D eigenvalue weighted by atomic mass is 10.1. The van der Waals surface area contributed by atoms with Crippen molar-refractivity contribution in [2.24, 2.45) is 0 Å². The minimum absolute atomic E-state index is 0. The van der Waals surface area contributed by atoms with Crippen LogP contribution in [0.15, 0.2) is 36.4 Å². The van der Waals surface area contributed by atoms with E-state index in [4.69, 9.17) is 0 Å². The summed E-state index contributed by atoms with van der Waals surface area (Å²) in [5.41, 5.74) is 1.84. The number of nitrogens with zero attached hydrogens (tertiary/aromatic N) is 1. The van der Waals surface area contributed by atoms with Crippen molar-refractivity contribution in [2.45, 2.75) is 13.0 Å². The number of hydrogen-bond acceptors (Lipinski definition) is 3. The number of carbonyl (C=O) groups is 1. The Labute approximate surface area is 114 Å². The number of methoxy groups -OCH3 is 1. The van der Waals surface area contributed by atoms with Gasteiger partial charge in [0.25, 0.3) is 0 Å². The van der Waals surface area contributed by atoms with E-state index in [2.05, 4.69) is 21.8 Å². The van der Waals surface area contributed by atoms with Crippen LogP contribution in [0.3, 0.4) is 0 Å². The third-order valence-electron chi connectivity index (χ3n) is 2.92. The minimum Gasteiger partial charge on any atom is -0.465 e. The SMILES string of the molecule is COC(=O)c1ccc(CN2CC=CCC2)cc1.Cl. The average molecular weight is 268 g/mol. The van der Waals surface area contributed by atoms with Crippen molar-refractivity contribution in [2.75, 3.05) is 20.2 Å². The van der Waals surface area contributed by atoms with Gasteiger partial charge in [0.2, 0.25) is 0 Å². The zero-order valence-corrected chi connectivity index (χ0v) is 11.3. The van der Waals surface area contributed by atoms with Crippen molar-refractivity contribution >= 4 is 18.4 Å². The predicted molar refractivity (Wildman–Crippen MR) is 74.1 cm³/mol. The maximum atomic E-state index is 11.3. The fourth-order valence-electron chi connectivity index (χ4n) is 1.96. The van der Waals surface area contributed by atoms with Crippen molar-refractivity contribution in [1.29, 1.82) is 0 Å². The first kappa shape index (κ1) is 14.7. The molecule has 1 aliphatic rings. The monoisotopic (exact) mass is 267 g/mol. The fraction of sp³-hybridized carbons (Fsp3) is 0.357. The maximum absolute atomic E-state index is 11.3. The summed E-state index contributed by atoms with van der Waals surface area (Å²) < 4.78 is 4.67. The Kier molecular flexibility index (Phi) is 5.89. The lowest BCUT2D eigenvalue weighted by molar-refractivity contribution is 0.0600. The highest BCUT2D eigenvalue weighted by molar-refractivity contribution is 5.89. The molecule has 0 N–H and O–H groups in total. The molecule has 2 rings (SSSR count). The molecule has 0 aromatic heterocycles. The van der Waals surface area contributed by atoms with E-state index in [1.165, 1.54) is 12.7 Å². The largest absolute Gasteiger partial charge is 0.465 e. The number of halogens is 1. The highest BCUT2D eigenvalue weighted by Crippen LogP contribution is 2.10. The fourth-order valence-corrected chi connectivity index (χ4v) is 1.96. The molecule has 3 nitrogen and oxygen atoms in total. The average Bonchev–Trinajstić information content (AvgIpc) is 2.40. The van der Waals surface area contributed by atoms with Gasteiger partial charge < -0.3 is 4.74 Å². The molecule has 18 heavy (non-hydrogen) atoms. The molecule has 0 radical (unpaired) electrons. The molecule has 0 amide bonds. The molecule has 4 heteroatoms. The Balaban J connectivity index is 0.00000162. The molecular weight excluding hydrogens is 250 g/mol. The van der Waals surface area contributed by atoms with Crippen LogP contribution in [0.4, 0.5) is 0 Å². The molecule has 1 aromatic carbocycles. The van der Waals surface area contributed by atoms with E-state index in [1.807, 2.05) is 24.3 Å². The van der Waals surface area contributed by atoms with Gasteiger partial charge in [-0.3, -0.25) is 4.90 Å². The summed E-state index contributed by atoms with van der Waals surface area (Å²) in [6, 6.07) is 7.62. The quantitative estimate of drug-likeness (QED) is 0.623. The molecule has 1 aromatic rings. The van der Waals surface area contributed by atoms with Gasteiger partial charge in [-0.1, -0.05) is 24.3 Å². The molecule has 0 spiro atoms. The minimum atomic E-state index is -0.280. The first-order valence-corrected chi connectivity index (χ1v) is 5.84. The van der Waals surface area contributed by atoms with Gasteiger partial charge in [-0.2, -0.15) is 0 Å². The zero-order valence-electron chi connectivity index (χ0n) is 10.5. The van der Waals surface area contributed by atoms with Gasteiger partial charge in [-0.15, -0.1) is 12.4 Å².